The van der Waals surface area contributed by atoms with Crippen LogP contribution >= 0.6 is 11.6 Å². The summed E-state index contributed by atoms with van der Waals surface area (Å²) in [6, 6.07) is 13.1. The molecule has 0 saturated heterocycles. The maximum Gasteiger partial charge on any atom is 0.224 e. The molecule has 4 heteroatoms. The molecule has 1 N–H and O–H groups in total. The van der Waals surface area contributed by atoms with E-state index in [1.165, 1.54) is 12.1 Å². The number of hydrogen-bond donors (Lipinski definition) is 1. The molecule has 0 aliphatic heterocycles. The normalized spacial score (nSPS) is 11.9. The number of carbonyl (C=O) groups excluding carboxylic acids is 1. The molecule has 104 valence electrons. The predicted octanol–water partition coefficient (Wildman–Crippen LogP) is 3.90. The first-order valence-corrected chi connectivity index (χ1v) is 6.71. The van der Waals surface area contributed by atoms with Crippen molar-refractivity contribution in [3.8, 4) is 0 Å². The summed E-state index contributed by atoms with van der Waals surface area (Å²) in [4.78, 5) is 11.9. The lowest BCUT2D eigenvalue weighted by Gasteiger charge is -2.14. The highest BCUT2D eigenvalue weighted by Gasteiger charge is 2.10. The third kappa shape index (κ3) is 4.07. The van der Waals surface area contributed by atoms with Gasteiger partial charge in [0.1, 0.15) is 5.82 Å². The average Bonchev–Trinajstić information content (AvgIpc) is 2.39. The topological polar surface area (TPSA) is 29.1 Å². The van der Waals surface area contributed by atoms with E-state index in [4.69, 9.17) is 11.6 Å². The van der Waals surface area contributed by atoms with Gasteiger partial charge in [-0.2, -0.15) is 0 Å². The van der Waals surface area contributed by atoms with Crippen LogP contribution in [-0.2, 0) is 11.2 Å². The molecule has 0 radical (unpaired) electrons. The largest absolute Gasteiger partial charge is 0.349 e. The van der Waals surface area contributed by atoms with Gasteiger partial charge >= 0.3 is 0 Å². The summed E-state index contributed by atoms with van der Waals surface area (Å²) < 4.78 is 12.8. The Morgan fingerprint density at radius 1 is 1.25 bits per heavy atom. The van der Waals surface area contributed by atoms with Crippen LogP contribution in [0.15, 0.2) is 48.5 Å². The molecule has 0 aliphatic carbocycles. The maximum absolute atomic E-state index is 12.8. The van der Waals surface area contributed by atoms with E-state index in [9.17, 15) is 9.18 Å². The van der Waals surface area contributed by atoms with Gasteiger partial charge in [-0.05, 0) is 42.3 Å². The molecule has 0 aliphatic rings. The van der Waals surface area contributed by atoms with Gasteiger partial charge in [-0.25, -0.2) is 4.39 Å². The van der Waals surface area contributed by atoms with Crippen LogP contribution in [0.3, 0.4) is 0 Å². The zero-order chi connectivity index (χ0) is 14.5. The van der Waals surface area contributed by atoms with E-state index in [1.54, 1.807) is 24.3 Å². The molecule has 0 heterocycles. The van der Waals surface area contributed by atoms with Gasteiger partial charge in [-0.15, -0.1) is 0 Å². The standard InChI is InChI=1S/C16H15ClFNO/c1-11(13-5-7-15(18)8-6-13)19-16(20)10-12-3-2-4-14(17)9-12/h2-9,11H,10H2,1H3,(H,19,20). The van der Waals surface area contributed by atoms with Crippen molar-refractivity contribution in [1.82, 2.24) is 5.32 Å². The lowest BCUT2D eigenvalue weighted by molar-refractivity contribution is -0.121. The molecule has 2 rings (SSSR count). The highest BCUT2D eigenvalue weighted by atomic mass is 35.5. The van der Waals surface area contributed by atoms with Crippen molar-refractivity contribution in [3.05, 3.63) is 70.5 Å². The van der Waals surface area contributed by atoms with Crippen LogP contribution in [0.2, 0.25) is 5.02 Å². The number of benzene rings is 2. The molecular formula is C16H15ClFNO. The molecule has 1 atom stereocenters. The molecule has 20 heavy (non-hydrogen) atoms. The predicted molar refractivity (Wildman–Crippen MR) is 78.1 cm³/mol. The second kappa shape index (κ2) is 6.53. The van der Waals surface area contributed by atoms with Crippen molar-refractivity contribution in [3.63, 3.8) is 0 Å². The number of carbonyl (C=O) groups is 1. The maximum atomic E-state index is 12.8. The quantitative estimate of drug-likeness (QED) is 0.909. The smallest absolute Gasteiger partial charge is 0.224 e. The molecule has 0 aromatic heterocycles. The fourth-order valence-corrected chi connectivity index (χ4v) is 2.17. The Hall–Kier alpha value is -1.87. The number of rotatable bonds is 4. The van der Waals surface area contributed by atoms with Crippen molar-refractivity contribution < 1.29 is 9.18 Å². The Balaban J connectivity index is 1.95. The number of hydrogen-bond acceptors (Lipinski definition) is 1. The summed E-state index contributed by atoms with van der Waals surface area (Å²) in [5.74, 6) is -0.379. The van der Waals surface area contributed by atoms with Gasteiger partial charge in [-0.3, -0.25) is 4.79 Å². The van der Waals surface area contributed by atoms with Gasteiger partial charge in [0.15, 0.2) is 0 Å². The summed E-state index contributed by atoms with van der Waals surface area (Å²) in [5.41, 5.74) is 1.73. The highest BCUT2D eigenvalue weighted by molar-refractivity contribution is 6.30. The molecule has 0 saturated carbocycles. The lowest BCUT2D eigenvalue weighted by atomic mass is 10.1. The van der Waals surface area contributed by atoms with Crippen LogP contribution in [0.5, 0.6) is 0 Å². The minimum Gasteiger partial charge on any atom is -0.349 e. The van der Waals surface area contributed by atoms with Gasteiger partial charge in [0.25, 0.3) is 0 Å². The molecule has 0 bridgehead atoms. The summed E-state index contributed by atoms with van der Waals surface area (Å²) in [7, 11) is 0. The molecule has 1 unspecified atom stereocenters. The molecule has 2 aromatic rings. The van der Waals surface area contributed by atoms with Gasteiger partial charge in [0.2, 0.25) is 5.91 Å². The average molecular weight is 292 g/mol. The summed E-state index contributed by atoms with van der Waals surface area (Å²) in [6.45, 7) is 1.86. The van der Waals surface area contributed by atoms with Crippen LogP contribution in [0.25, 0.3) is 0 Å². The van der Waals surface area contributed by atoms with Gasteiger partial charge in [-0.1, -0.05) is 35.9 Å². The summed E-state index contributed by atoms with van der Waals surface area (Å²) in [5, 5.41) is 3.49. The zero-order valence-corrected chi connectivity index (χ0v) is 11.8. The van der Waals surface area contributed by atoms with E-state index in [1.807, 2.05) is 19.1 Å². The lowest BCUT2D eigenvalue weighted by Crippen LogP contribution is -2.28. The molecule has 0 spiro atoms. The van der Waals surface area contributed by atoms with Gasteiger partial charge in [0, 0.05) is 5.02 Å². The van der Waals surface area contributed by atoms with E-state index < -0.39 is 0 Å². The van der Waals surface area contributed by atoms with E-state index in [-0.39, 0.29) is 24.2 Å². The third-order valence-electron chi connectivity index (χ3n) is 3.00. The van der Waals surface area contributed by atoms with E-state index in [2.05, 4.69) is 5.32 Å². The number of nitrogens with one attached hydrogen (secondary N) is 1. The number of halogens is 2. The summed E-state index contributed by atoms with van der Waals surface area (Å²) >= 11 is 5.88. The first kappa shape index (κ1) is 14.5. The van der Waals surface area contributed by atoms with Crippen molar-refractivity contribution in [2.75, 3.05) is 0 Å². The van der Waals surface area contributed by atoms with Crippen LogP contribution in [-0.4, -0.2) is 5.91 Å². The molecule has 1 amide bonds. The minimum atomic E-state index is -0.286. The number of amides is 1. The monoisotopic (exact) mass is 291 g/mol. The molecule has 2 nitrogen and oxygen atoms in total. The summed E-state index contributed by atoms with van der Waals surface area (Å²) in [6.07, 6.45) is 0.270. The van der Waals surface area contributed by atoms with Gasteiger partial charge in [0.05, 0.1) is 12.5 Å². The fraction of sp³-hybridized carbons (Fsp3) is 0.188. The zero-order valence-electron chi connectivity index (χ0n) is 11.1. The second-order valence-electron chi connectivity index (χ2n) is 4.65. The first-order chi connectivity index (χ1) is 9.54. The van der Waals surface area contributed by atoms with Crippen LogP contribution in [0, 0.1) is 5.82 Å². The Morgan fingerprint density at radius 3 is 2.60 bits per heavy atom. The van der Waals surface area contributed by atoms with Crippen LogP contribution in [0.1, 0.15) is 24.1 Å². The Morgan fingerprint density at radius 2 is 1.95 bits per heavy atom. The fourth-order valence-electron chi connectivity index (χ4n) is 1.96. The Bertz CT molecular complexity index is 598. The van der Waals surface area contributed by atoms with Crippen LogP contribution in [0.4, 0.5) is 4.39 Å². The van der Waals surface area contributed by atoms with Crippen molar-refractivity contribution in [2.24, 2.45) is 0 Å². The van der Waals surface area contributed by atoms with E-state index in [0.29, 0.717) is 5.02 Å². The molecular weight excluding hydrogens is 277 g/mol. The molecule has 0 fully saturated rings. The van der Waals surface area contributed by atoms with Crippen molar-refractivity contribution >= 4 is 17.5 Å². The van der Waals surface area contributed by atoms with Crippen molar-refractivity contribution in [2.45, 2.75) is 19.4 Å². The van der Waals surface area contributed by atoms with Crippen molar-refractivity contribution in [1.29, 1.82) is 0 Å². The highest BCUT2D eigenvalue weighted by Crippen LogP contribution is 2.14. The Labute approximate surface area is 122 Å². The third-order valence-corrected chi connectivity index (χ3v) is 3.24. The van der Waals surface area contributed by atoms with E-state index in [0.717, 1.165) is 11.1 Å². The van der Waals surface area contributed by atoms with Crippen LogP contribution < -0.4 is 5.32 Å². The van der Waals surface area contributed by atoms with Gasteiger partial charge < -0.3 is 5.32 Å². The minimum absolute atomic E-state index is 0.0934. The second-order valence-corrected chi connectivity index (χ2v) is 5.08. The SMILES string of the molecule is CC(NC(=O)Cc1cccc(Cl)c1)c1ccc(F)cc1. The Kier molecular flexibility index (Phi) is 4.74. The van der Waals surface area contributed by atoms with E-state index >= 15 is 0 Å². The first-order valence-electron chi connectivity index (χ1n) is 6.34. The molecule has 2 aromatic carbocycles.